The minimum Gasteiger partial charge on any atom is -0.381 e. The second kappa shape index (κ2) is 6.27. The maximum absolute atomic E-state index is 5.49. The van der Waals surface area contributed by atoms with E-state index < -0.39 is 0 Å². The first kappa shape index (κ1) is 12.7. The molecule has 2 rings (SSSR count). The van der Waals surface area contributed by atoms with Gasteiger partial charge in [-0.2, -0.15) is 12.6 Å². The zero-order valence-corrected chi connectivity index (χ0v) is 11.2. The standard InChI is InChI=1S/C13H25NOS/c16-12-13(5-9-15-10-6-13)11-14-7-3-1-2-4-8-14/h16H,1-12H2. The number of rotatable bonds is 3. The van der Waals surface area contributed by atoms with Gasteiger partial charge in [0.05, 0.1) is 0 Å². The van der Waals surface area contributed by atoms with Gasteiger partial charge in [0.15, 0.2) is 0 Å². The lowest BCUT2D eigenvalue weighted by Crippen LogP contribution is -2.43. The third kappa shape index (κ3) is 3.38. The fraction of sp³-hybridized carbons (Fsp3) is 1.00. The molecule has 2 saturated heterocycles. The Morgan fingerprint density at radius 1 is 1.00 bits per heavy atom. The van der Waals surface area contributed by atoms with E-state index in [0.717, 1.165) is 19.0 Å². The molecule has 0 aromatic rings. The molecule has 0 spiro atoms. The quantitative estimate of drug-likeness (QED) is 0.765. The van der Waals surface area contributed by atoms with Crippen LogP contribution in [0.1, 0.15) is 38.5 Å². The van der Waals surface area contributed by atoms with E-state index in [9.17, 15) is 0 Å². The number of likely N-dealkylation sites (tertiary alicyclic amines) is 1. The minimum absolute atomic E-state index is 0.436. The van der Waals surface area contributed by atoms with Crippen LogP contribution in [0.3, 0.4) is 0 Å². The van der Waals surface area contributed by atoms with Crippen LogP contribution in [0.15, 0.2) is 0 Å². The number of hydrogen-bond acceptors (Lipinski definition) is 3. The van der Waals surface area contributed by atoms with E-state index in [4.69, 9.17) is 4.74 Å². The van der Waals surface area contributed by atoms with Gasteiger partial charge in [-0.15, -0.1) is 0 Å². The van der Waals surface area contributed by atoms with Gasteiger partial charge in [-0.1, -0.05) is 12.8 Å². The molecule has 2 nitrogen and oxygen atoms in total. The molecular formula is C13H25NOS. The molecule has 16 heavy (non-hydrogen) atoms. The van der Waals surface area contributed by atoms with Gasteiger partial charge in [0.25, 0.3) is 0 Å². The smallest absolute Gasteiger partial charge is 0.0472 e. The largest absolute Gasteiger partial charge is 0.381 e. The van der Waals surface area contributed by atoms with Crippen LogP contribution in [0.25, 0.3) is 0 Å². The van der Waals surface area contributed by atoms with Crippen molar-refractivity contribution in [3.05, 3.63) is 0 Å². The first-order valence-electron chi connectivity index (χ1n) is 6.76. The Morgan fingerprint density at radius 3 is 2.19 bits per heavy atom. The van der Waals surface area contributed by atoms with Crippen molar-refractivity contribution in [2.75, 3.05) is 38.6 Å². The molecule has 0 unspecified atom stereocenters. The molecular weight excluding hydrogens is 218 g/mol. The Bertz CT molecular complexity index is 196. The fourth-order valence-corrected chi connectivity index (χ4v) is 3.36. The molecule has 0 saturated carbocycles. The summed E-state index contributed by atoms with van der Waals surface area (Å²) in [5, 5.41) is 0. The number of hydrogen-bond donors (Lipinski definition) is 1. The molecule has 2 aliphatic rings. The molecule has 0 aliphatic carbocycles. The van der Waals surface area contributed by atoms with E-state index in [1.807, 2.05) is 0 Å². The Labute approximate surface area is 105 Å². The average molecular weight is 243 g/mol. The summed E-state index contributed by atoms with van der Waals surface area (Å²) in [6.07, 6.45) is 8.03. The zero-order valence-electron chi connectivity index (χ0n) is 10.3. The van der Waals surface area contributed by atoms with Gasteiger partial charge >= 0.3 is 0 Å². The lowest BCUT2D eigenvalue weighted by atomic mass is 9.81. The second-order valence-electron chi connectivity index (χ2n) is 5.46. The summed E-state index contributed by atoms with van der Waals surface area (Å²) in [7, 11) is 0. The van der Waals surface area contributed by atoms with Gasteiger partial charge in [0.1, 0.15) is 0 Å². The minimum atomic E-state index is 0.436. The highest BCUT2D eigenvalue weighted by Crippen LogP contribution is 2.33. The van der Waals surface area contributed by atoms with Gasteiger partial charge in [-0.25, -0.2) is 0 Å². The number of thiol groups is 1. The summed E-state index contributed by atoms with van der Waals surface area (Å²) in [6, 6.07) is 0. The molecule has 2 fully saturated rings. The molecule has 2 heterocycles. The molecule has 0 aromatic heterocycles. The lowest BCUT2D eigenvalue weighted by Gasteiger charge is -2.40. The van der Waals surface area contributed by atoms with E-state index in [1.54, 1.807) is 0 Å². The van der Waals surface area contributed by atoms with E-state index in [-0.39, 0.29) is 0 Å². The SMILES string of the molecule is SCC1(CN2CCCCCC2)CCOCC1. The van der Waals surface area contributed by atoms with Crippen LogP contribution in [0.4, 0.5) is 0 Å². The topological polar surface area (TPSA) is 12.5 Å². The second-order valence-corrected chi connectivity index (χ2v) is 5.78. The van der Waals surface area contributed by atoms with Crippen LogP contribution in [0.5, 0.6) is 0 Å². The Kier molecular flexibility index (Phi) is 4.98. The van der Waals surface area contributed by atoms with Crippen LogP contribution >= 0.6 is 12.6 Å². The predicted octanol–water partition coefficient (Wildman–Crippen LogP) is 2.59. The summed E-state index contributed by atoms with van der Waals surface area (Å²) >= 11 is 4.59. The summed E-state index contributed by atoms with van der Waals surface area (Å²) < 4.78 is 5.49. The van der Waals surface area contributed by atoms with Crippen LogP contribution in [-0.4, -0.2) is 43.5 Å². The third-order valence-electron chi connectivity index (χ3n) is 4.15. The fourth-order valence-electron chi connectivity index (χ4n) is 2.94. The number of nitrogens with zero attached hydrogens (tertiary/aromatic N) is 1. The third-order valence-corrected chi connectivity index (χ3v) is 4.82. The van der Waals surface area contributed by atoms with Crippen LogP contribution in [0.2, 0.25) is 0 Å². The first-order chi connectivity index (χ1) is 7.85. The maximum Gasteiger partial charge on any atom is 0.0472 e. The lowest BCUT2D eigenvalue weighted by molar-refractivity contribution is 0.00824. The highest BCUT2D eigenvalue weighted by atomic mass is 32.1. The molecule has 94 valence electrons. The highest BCUT2D eigenvalue weighted by molar-refractivity contribution is 7.80. The Balaban J connectivity index is 1.88. The van der Waals surface area contributed by atoms with Crippen molar-refractivity contribution in [3.63, 3.8) is 0 Å². The van der Waals surface area contributed by atoms with Crippen molar-refractivity contribution < 1.29 is 4.74 Å². The summed E-state index contributed by atoms with van der Waals surface area (Å²) in [6.45, 7) is 5.73. The van der Waals surface area contributed by atoms with Gasteiger partial charge in [-0.3, -0.25) is 0 Å². The van der Waals surface area contributed by atoms with E-state index in [2.05, 4.69) is 17.5 Å². The molecule has 0 N–H and O–H groups in total. The van der Waals surface area contributed by atoms with E-state index in [1.165, 1.54) is 58.2 Å². The van der Waals surface area contributed by atoms with E-state index in [0.29, 0.717) is 5.41 Å². The first-order valence-corrected chi connectivity index (χ1v) is 7.39. The highest BCUT2D eigenvalue weighted by Gasteiger charge is 2.33. The van der Waals surface area contributed by atoms with Crippen LogP contribution in [-0.2, 0) is 4.74 Å². The predicted molar refractivity (Wildman–Crippen MR) is 71.2 cm³/mol. The molecule has 0 bridgehead atoms. The molecule has 0 atom stereocenters. The van der Waals surface area contributed by atoms with Gasteiger partial charge < -0.3 is 9.64 Å². The molecule has 0 amide bonds. The number of ether oxygens (including phenoxy) is 1. The summed E-state index contributed by atoms with van der Waals surface area (Å²) in [5.41, 5.74) is 0.436. The molecule has 3 heteroatoms. The van der Waals surface area contributed by atoms with E-state index >= 15 is 0 Å². The average Bonchev–Trinajstić information content (AvgIpc) is 2.59. The molecule has 2 aliphatic heterocycles. The van der Waals surface area contributed by atoms with Crippen molar-refractivity contribution in [1.29, 1.82) is 0 Å². The molecule has 0 aromatic carbocycles. The van der Waals surface area contributed by atoms with Crippen molar-refractivity contribution >= 4 is 12.6 Å². The van der Waals surface area contributed by atoms with Crippen molar-refractivity contribution in [1.82, 2.24) is 4.90 Å². The summed E-state index contributed by atoms with van der Waals surface area (Å²) in [4.78, 5) is 2.68. The van der Waals surface area contributed by atoms with Crippen molar-refractivity contribution in [3.8, 4) is 0 Å². The Morgan fingerprint density at radius 2 is 1.62 bits per heavy atom. The summed E-state index contributed by atoms with van der Waals surface area (Å²) in [5.74, 6) is 1.02. The van der Waals surface area contributed by atoms with Crippen molar-refractivity contribution in [2.45, 2.75) is 38.5 Å². The van der Waals surface area contributed by atoms with Crippen molar-refractivity contribution in [2.24, 2.45) is 5.41 Å². The normalized spacial score (nSPS) is 27.6. The molecule has 0 radical (unpaired) electrons. The van der Waals surface area contributed by atoms with Gasteiger partial charge in [0.2, 0.25) is 0 Å². The van der Waals surface area contributed by atoms with Crippen LogP contribution in [0, 0.1) is 5.41 Å². The zero-order chi connectivity index (χ0) is 11.3. The monoisotopic (exact) mass is 243 g/mol. The van der Waals surface area contributed by atoms with Crippen LogP contribution < -0.4 is 0 Å². The van der Waals surface area contributed by atoms with Gasteiger partial charge in [0, 0.05) is 19.8 Å². The maximum atomic E-state index is 5.49. The van der Waals surface area contributed by atoms with Gasteiger partial charge in [-0.05, 0) is 49.9 Å². The Hall–Kier alpha value is 0.270.